The molecule has 0 aromatic rings. The van der Waals surface area contributed by atoms with Crippen LogP contribution in [0.1, 0.15) is 26.2 Å². The lowest BCUT2D eigenvalue weighted by atomic mass is 9.99. The largest absolute Gasteiger partial charge is 0.394 e. The molecule has 0 spiro atoms. The maximum atomic E-state index is 9.93. The summed E-state index contributed by atoms with van der Waals surface area (Å²) in [4.78, 5) is 4.41. The lowest BCUT2D eigenvalue weighted by Gasteiger charge is -2.37. The van der Waals surface area contributed by atoms with E-state index in [1.54, 1.807) is 0 Å². The molecule has 0 bridgehead atoms. The normalized spacial score (nSPS) is 41.2. The Kier molecular flexibility index (Phi) is 4.43. The van der Waals surface area contributed by atoms with Crippen LogP contribution in [0.2, 0.25) is 0 Å². The highest BCUT2D eigenvalue weighted by Gasteiger charge is 2.47. The Balaban J connectivity index is 2.01. The summed E-state index contributed by atoms with van der Waals surface area (Å²) < 4.78 is 5.54. The summed E-state index contributed by atoms with van der Waals surface area (Å²) in [5.74, 6) is 0. The number of aliphatic imine (C=N–C) groups is 1. The molecule has 1 fully saturated rings. The monoisotopic (exact) mass is 261 g/mol. The Morgan fingerprint density at radius 3 is 2.76 bits per heavy atom. The number of ether oxygens (including phenoxy) is 1. The van der Waals surface area contributed by atoms with Crippen LogP contribution in [0.4, 0.5) is 0 Å². The molecule has 5 nitrogen and oxygen atoms in total. The van der Waals surface area contributed by atoms with Crippen molar-refractivity contribution in [3.8, 4) is 0 Å². The van der Waals surface area contributed by atoms with Crippen LogP contribution < -0.4 is 0 Å². The first-order chi connectivity index (χ1) is 8.17. The zero-order valence-corrected chi connectivity index (χ0v) is 10.6. The molecule has 0 saturated carbocycles. The van der Waals surface area contributed by atoms with Crippen molar-refractivity contribution in [1.29, 1.82) is 0 Å². The number of hydrogen-bond donors (Lipinski definition) is 3. The molecule has 0 aromatic carbocycles. The third kappa shape index (κ3) is 2.66. The van der Waals surface area contributed by atoms with Gasteiger partial charge in [0, 0.05) is 0 Å². The third-order valence-electron chi connectivity index (χ3n) is 3.14. The number of aliphatic hydroxyl groups excluding tert-OH is 3. The smallest absolute Gasteiger partial charge is 0.134 e. The highest BCUT2D eigenvalue weighted by Crippen LogP contribution is 2.37. The molecule has 17 heavy (non-hydrogen) atoms. The van der Waals surface area contributed by atoms with Gasteiger partial charge in [0.25, 0.3) is 0 Å². The molecule has 0 aromatic heterocycles. The number of aliphatic hydroxyl groups is 3. The van der Waals surface area contributed by atoms with E-state index in [9.17, 15) is 10.2 Å². The molecular weight excluding hydrogens is 242 g/mol. The molecule has 2 aliphatic rings. The molecule has 0 aliphatic carbocycles. The predicted molar refractivity (Wildman–Crippen MR) is 66.1 cm³/mol. The number of unbranched alkanes of at least 4 members (excludes halogenated alkanes) is 1. The van der Waals surface area contributed by atoms with Crippen LogP contribution in [0.15, 0.2) is 4.99 Å². The molecule has 2 heterocycles. The molecule has 98 valence electrons. The molecule has 2 rings (SSSR count). The minimum atomic E-state index is -1.06. The molecule has 3 N–H and O–H groups in total. The Morgan fingerprint density at radius 2 is 2.12 bits per heavy atom. The standard InChI is InChI=1S/C11H19NO4S/c1-2-3-4-7-12-8-10(15)9(14)6(5-13)16-11(8)17-7/h6,8-11,13-15H,2-5H2,1H3/t6-,8?,9-,10-,11?/m1/s1. The van der Waals surface area contributed by atoms with Crippen LogP contribution in [-0.4, -0.2) is 56.8 Å². The Morgan fingerprint density at radius 1 is 1.35 bits per heavy atom. The highest BCUT2D eigenvalue weighted by atomic mass is 32.2. The van der Waals surface area contributed by atoms with E-state index in [2.05, 4.69) is 11.9 Å². The van der Waals surface area contributed by atoms with Gasteiger partial charge in [-0.2, -0.15) is 0 Å². The van der Waals surface area contributed by atoms with Gasteiger partial charge in [-0.3, -0.25) is 4.99 Å². The molecule has 5 atom stereocenters. The second-order valence-corrected chi connectivity index (χ2v) is 5.61. The van der Waals surface area contributed by atoms with Gasteiger partial charge in [-0.25, -0.2) is 0 Å². The van der Waals surface area contributed by atoms with Crippen LogP contribution in [0.5, 0.6) is 0 Å². The van der Waals surface area contributed by atoms with Gasteiger partial charge in [0.2, 0.25) is 0 Å². The van der Waals surface area contributed by atoms with Crippen LogP contribution in [0.3, 0.4) is 0 Å². The van der Waals surface area contributed by atoms with Crippen molar-refractivity contribution in [2.24, 2.45) is 4.99 Å². The van der Waals surface area contributed by atoms with Crippen LogP contribution >= 0.6 is 11.8 Å². The molecule has 6 heteroatoms. The van der Waals surface area contributed by atoms with Crippen LogP contribution in [0.25, 0.3) is 0 Å². The van der Waals surface area contributed by atoms with Gasteiger partial charge in [-0.15, -0.1) is 0 Å². The minimum absolute atomic E-state index is 0.266. The third-order valence-corrected chi connectivity index (χ3v) is 4.34. The van der Waals surface area contributed by atoms with Gasteiger partial charge < -0.3 is 20.1 Å². The van der Waals surface area contributed by atoms with Crippen molar-refractivity contribution in [2.45, 2.75) is 56.0 Å². The summed E-state index contributed by atoms with van der Waals surface area (Å²) in [5.41, 5.74) is -0.266. The molecule has 0 amide bonds. The van der Waals surface area contributed by atoms with E-state index in [0.717, 1.165) is 24.3 Å². The number of nitrogens with zero attached hydrogens (tertiary/aromatic N) is 1. The summed E-state index contributed by atoms with van der Waals surface area (Å²) in [6.45, 7) is 1.83. The van der Waals surface area contributed by atoms with Gasteiger partial charge in [-0.05, 0) is 12.8 Å². The molecule has 0 radical (unpaired) electrons. The van der Waals surface area contributed by atoms with E-state index >= 15 is 0 Å². The van der Waals surface area contributed by atoms with Crippen molar-refractivity contribution in [1.82, 2.24) is 0 Å². The lowest BCUT2D eigenvalue weighted by Crippen LogP contribution is -2.55. The molecule has 1 saturated heterocycles. The quantitative estimate of drug-likeness (QED) is 0.670. The fourth-order valence-corrected chi connectivity index (χ4v) is 3.36. The van der Waals surface area contributed by atoms with Gasteiger partial charge >= 0.3 is 0 Å². The lowest BCUT2D eigenvalue weighted by molar-refractivity contribution is -0.164. The van der Waals surface area contributed by atoms with Crippen molar-refractivity contribution < 1.29 is 20.1 Å². The summed E-state index contributed by atoms with van der Waals surface area (Å²) in [6.07, 6.45) is 0.339. The Labute approximate surface area is 105 Å². The first kappa shape index (κ1) is 13.3. The maximum absolute atomic E-state index is 9.93. The first-order valence-electron chi connectivity index (χ1n) is 6.03. The predicted octanol–water partition coefficient (Wildman–Crippen LogP) is 0.129. The van der Waals surface area contributed by atoms with E-state index in [0.29, 0.717) is 0 Å². The molecule has 2 unspecified atom stereocenters. The van der Waals surface area contributed by atoms with Crippen molar-refractivity contribution >= 4 is 16.8 Å². The average molecular weight is 261 g/mol. The number of hydrogen-bond acceptors (Lipinski definition) is 6. The van der Waals surface area contributed by atoms with E-state index in [1.165, 1.54) is 11.8 Å². The van der Waals surface area contributed by atoms with Gasteiger partial charge in [0.1, 0.15) is 29.8 Å². The van der Waals surface area contributed by atoms with Crippen molar-refractivity contribution in [3.05, 3.63) is 0 Å². The maximum Gasteiger partial charge on any atom is 0.134 e. The second kappa shape index (κ2) is 5.67. The Bertz CT molecular complexity index is 299. The van der Waals surface area contributed by atoms with Gasteiger partial charge in [0.05, 0.1) is 11.7 Å². The van der Waals surface area contributed by atoms with Crippen LogP contribution in [0, 0.1) is 0 Å². The minimum Gasteiger partial charge on any atom is -0.394 e. The number of fused-ring (bicyclic) bond motifs is 1. The summed E-state index contributed by atoms with van der Waals surface area (Å²) >= 11 is 1.50. The number of rotatable bonds is 4. The average Bonchev–Trinajstić information content (AvgIpc) is 2.74. The number of thioether (sulfide) groups is 1. The van der Waals surface area contributed by atoms with E-state index in [-0.39, 0.29) is 12.0 Å². The van der Waals surface area contributed by atoms with E-state index in [1.807, 2.05) is 0 Å². The van der Waals surface area contributed by atoms with Crippen LogP contribution in [-0.2, 0) is 4.74 Å². The van der Waals surface area contributed by atoms with Crippen molar-refractivity contribution in [2.75, 3.05) is 6.61 Å². The second-order valence-electron chi connectivity index (χ2n) is 4.44. The topological polar surface area (TPSA) is 82.3 Å². The van der Waals surface area contributed by atoms with Gasteiger partial charge in [-0.1, -0.05) is 25.1 Å². The molecular formula is C11H19NO4S. The SMILES string of the molecule is CCCCC1=NC2C(O[C@H](CO)[C@@H](O)[C@@H]2O)S1. The zero-order chi connectivity index (χ0) is 12.4. The van der Waals surface area contributed by atoms with E-state index in [4.69, 9.17) is 9.84 Å². The van der Waals surface area contributed by atoms with E-state index < -0.39 is 24.4 Å². The summed E-state index contributed by atoms with van der Waals surface area (Å²) in [5, 5.41) is 29.7. The fourth-order valence-electron chi connectivity index (χ4n) is 2.08. The highest BCUT2D eigenvalue weighted by molar-refractivity contribution is 8.14. The fraction of sp³-hybridized carbons (Fsp3) is 0.909. The van der Waals surface area contributed by atoms with Gasteiger partial charge in [0.15, 0.2) is 0 Å². The summed E-state index contributed by atoms with van der Waals surface area (Å²) in [7, 11) is 0. The Hall–Kier alpha value is -0.140. The molecule has 2 aliphatic heterocycles. The summed E-state index contributed by atoms with van der Waals surface area (Å²) in [6, 6.07) is -0.398. The first-order valence-corrected chi connectivity index (χ1v) is 6.91. The zero-order valence-electron chi connectivity index (χ0n) is 9.82. The van der Waals surface area contributed by atoms with Crippen molar-refractivity contribution in [3.63, 3.8) is 0 Å².